The molecule has 0 amide bonds. The third-order valence-corrected chi connectivity index (χ3v) is 4.49. The van der Waals surface area contributed by atoms with Crippen molar-refractivity contribution in [2.75, 3.05) is 6.54 Å². The van der Waals surface area contributed by atoms with E-state index >= 15 is 0 Å². The second kappa shape index (κ2) is 6.41. The van der Waals surface area contributed by atoms with E-state index in [4.69, 9.17) is 0 Å². The Labute approximate surface area is 103 Å². The van der Waals surface area contributed by atoms with E-state index in [0.717, 1.165) is 12.0 Å². The zero-order valence-electron chi connectivity index (χ0n) is 10.2. The molecule has 2 atom stereocenters. The van der Waals surface area contributed by atoms with Crippen molar-refractivity contribution in [2.24, 2.45) is 5.92 Å². The fourth-order valence-electron chi connectivity index (χ4n) is 2.64. The molecule has 0 bridgehead atoms. The zero-order valence-corrected chi connectivity index (χ0v) is 11.1. The number of thiophene rings is 1. The van der Waals surface area contributed by atoms with Gasteiger partial charge in [-0.15, -0.1) is 11.3 Å². The van der Waals surface area contributed by atoms with Crippen LogP contribution in [0.4, 0.5) is 0 Å². The molecule has 1 nitrogen and oxygen atoms in total. The summed E-state index contributed by atoms with van der Waals surface area (Å²) < 4.78 is 0. The van der Waals surface area contributed by atoms with Crippen LogP contribution in [-0.4, -0.2) is 12.6 Å². The maximum atomic E-state index is 3.72. The van der Waals surface area contributed by atoms with Crippen LogP contribution in [0.15, 0.2) is 17.5 Å². The predicted molar refractivity (Wildman–Crippen MR) is 72.1 cm³/mol. The minimum atomic E-state index is 0.798. The van der Waals surface area contributed by atoms with Crippen LogP contribution in [0.3, 0.4) is 0 Å². The summed E-state index contributed by atoms with van der Waals surface area (Å²) in [5.41, 5.74) is 0. The van der Waals surface area contributed by atoms with Crippen molar-refractivity contribution in [3.8, 4) is 0 Å². The number of hydrogen-bond acceptors (Lipinski definition) is 2. The Bertz CT molecular complexity index is 281. The van der Waals surface area contributed by atoms with Gasteiger partial charge in [-0.25, -0.2) is 0 Å². The number of aryl methyl sites for hydroxylation is 1. The maximum Gasteiger partial charge on any atom is 0.00696 e. The van der Waals surface area contributed by atoms with E-state index in [1.54, 1.807) is 0 Å². The van der Waals surface area contributed by atoms with Crippen LogP contribution in [0.2, 0.25) is 0 Å². The molecule has 16 heavy (non-hydrogen) atoms. The Morgan fingerprint density at radius 2 is 2.38 bits per heavy atom. The quantitative estimate of drug-likeness (QED) is 0.767. The van der Waals surface area contributed by atoms with Crippen LogP contribution in [-0.2, 0) is 6.42 Å². The van der Waals surface area contributed by atoms with Crippen LogP contribution in [0.5, 0.6) is 0 Å². The SMILES string of the molecule is CC1CCCC(NCCCc2cccs2)C1. The molecule has 1 N–H and O–H groups in total. The number of nitrogens with one attached hydrogen (secondary N) is 1. The van der Waals surface area contributed by atoms with E-state index < -0.39 is 0 Å². The standard InChI is InChI=1S/C14H23NS/c1-12-5-2-6-13(11-12)15-9-3-7-14-8-4-10-16-14/h4,8,10,12-13,15H,2-3,5-7,9,11H2,1H3. The smallest absolute Gasteiger partial charge is 0.00696 e. The van der Waals surface area contributed by atoms with E-state index in [-0.39, 0.29) is 0 Å². The van der Waals surface area contributed by atoms with E-state index in [0.29, 0.717) is 0 Å². The fraction of sp³-hybridized carbons (Fsp3) is 0.714. The summed E-state index contributed by atoms with van der Waals surface area (Å²) in [6.07, 6.45) is 8.16. The van der Waals surface area contributed by atoms with Gasteiger partial charge in [-0.2, -0.15) is 0 Å². The molecule has 1 aromatic rings. The molecule has 2 unspecified atom stereocenters. The summed E-state index contributed by atoms with van der Waals surface area (Å²) in [5.74, 6) is 0.934. The van der Waals surface area contributed by atoms with E-state index in [1.807, 2.05) is 11.3 Å². The Morgan fingerprint density at radius 3 is 3.12 bits per heavy atom. The minimum absolute atomic E-state index is 0.798. The van der Waals surface area contributed by atoms with Gasteiger partial charge in [0, 0.05) is 10.9 Å². The topological polar surface area (TPSA) is 12.0 Å². The van der Waals surface area contributed by atoms with Crippen molar-refractivity contribution in [1.29, 1.82) is 0 Å². The molecule has 2 heteroatoms. The van der Waals surface area contributed by atoms with Gasteiger partial charge in [0.05, 0.1) is 0 Å². The summed E-state index contributed by atoms with van der Waals surface area (Å²) in [6.45, 7) is 3.58. The van der Waals surface area contributed by atoms with E-state index in [2.05, 4.69) is 29.8 Å². The molecule has 1 saturated carbocycles. The Hall–Kier alpha value is -0.340. The first-order chi connectivity index (χ1) is 7.84. The second-order valence-electron chi connectivity index (χ2n) is 5.11. The van der Waals surface area contributed by atoms with Crippen LogP contribution in [0.25, 0.3) is 0 Å². The molecule has 0 aliphatic heterocycles. The van der Waals surface area contributed by atoms with Gasteiger partial charge in [0.15, 0.2) is 0 Å². The van der Waals surface area contributed by atoms with Crippen LogP contribution in [0.1, 0.15) is 43.9 Å². The minimum Gasteiger partial charge on any atom is -0.314 e. The molecular formula is C14H23NS. The van der Waals surface area contributed by atoms with Gasteiger partial charge in [0.25, 0.3) is 0 Å². The molecule has 0 spiro atoms. The molecule has 1 fully saturated rings. The molecule has 1 aliphatic carbocycles. The molecule has 2 rings (SSSR count). The molecule has 90 valence electrons. The van der Waals surface area contributed by atoms with Gasteiger partial charge in [-0.05, 0) is 49.6 Å². The van der Waals surface area contributed by atoms with Crippen molar-refractivity contribution >= 4 is 11.3 Å². The normalized spacial score (nSPS) is 25.8. The van der Waals surface area contributed by atoms with Crippen LogP contribution >= 0.6 is 11.3 Å². The van der Waals surface area contributed by atoms with Crippen LogP contribution in [0, 0.1) is 5.92 Å². The van der Waals surface area contributed by atoms with Gasteiger partial charge in [0.2, 0.25) is 0 Å². The highest BCUT2D eigenvalue weighted by Gasteiger charge is 2.17. The summed E-state index contributed by atoms with van der Waals surface area (Å²) in [7, 11) is 0. The maximum absolute atomic E-state index is 3.72. The van der Waals surface area contributed by atoms with E-state index in [9.17, 15) is 0 Å². The Morgan fingerprint density at radius 1 is 1.44 bits per heavy atom. The lowest BCUT2D eigenvalue weighted by molar-refractivity contribution is 0.301. The van der Waals surface area contributed by atoms with Gasteiger partial charge in [0.1, 0.15) is 0 Å². The second-order valence-corrected chi connectivity index (χ2v) is 6.14. The highest BCUT2D eigenvalue weighted by atomic mass is 32.1. The summed E-state index contributed by atoms with van der Waals surface area (Å²) in [4.78, 5) is 1.53. The molecule has 0 aromatic carbocycles. The fourth-order valence-corrected chi connectivity index (χ4v) is 3.39. The third-order valence-electron chi connectivity index (χ3n) is 3.55. The summed E-state index contributed by atoms with van der Waals surface area (Å²) >= 11 is 1.88. The first kappa shape index (κ1) is 12.1. The Balaban J connectivity index is 1.57. The molecule has 1 heterocycles. The average molecular weight is 237 g/mol. The summed E-state index contributed by atoms with van der Waals surface area (Å²) in [5, 5.41) is 5.89. The molecule has 1 aliphatic rings. The van der Waals surface area contributed by atoms with Gasteiger partial charge >= 0.3 is 0 Å². The van der Waals surface area contributed by atoms with Gasteiger partial charge < -0.3 is 5.32 Å². The molecule has 1 aromatic heterocycles. The predicted octanol–water partition coefficient (Wildman–Crippen LogP) is 3.85. The van der Waals surface area contributed by atoms with Crippen molar-refractivity contribution in [1.82, 2.24) is 5.32 Å². The lowest BCUT2D eigenvalue weighted by Gasteiger charge is -2.27. The largest absolute Gasteiger partial charge is 0.314 e. The highest BCUT2D eigenvalue weighted by molar-refractivity contribution is 7.09. The van der Waals surface area contributed by atoms with Crippen LogP contribution < -0.4 is 5.32 Å². The van der Waals surface area contributed by atoms with Gasteiger partial charge in [-0.1, -0.05) is 25.8 Å². The van der Waals surface area contributed by atoms with E-state index in [1.165, 1.54) is 49.9 Å². The first-order valence-corrected chi connectivity index (χ1v) is 7.48. The average Bonchev–Trinajstić information content (AvgIpc) is 2.77. The van der Waals surface area contributed by atoms with Crippen molar-refractivity contribution in [3.63, 3.8) is 0 Å². The lowest BCUT2D eigenvalue weighted by Crippen LogP contribution is -2.34. The third kappa shape index (κ3) is 3.91. The number of hydrogen-bond donors (Lipinski definition) is 1. The molecule has 0 radical (unpaired) electrons. The molecular weight excluding hydrogens is 214 g/mol. The summed E-state index contributed by atoms with van der Waals surface area (Å²) in [6, 6.07) is 5.19. The van der Waals surface area contributed by atoms with Gasteiger partial charge in [-0.3, -0.25) is 0 Å². The number of rotatable bonds is 5. The molecule has 0 saturated heterocycles. The lowest BCUT2D eigenvalue weighted by atomic mass is 9.87. The van der Waals surface area contributed by atoms with Crippen molar-refractivity contribution < 1.29 is 0 Å². The monoisotopic (exact) mass is 237 g/mol. The van der Waals surface area contributed by atoms with Crippen molar-refractivity contribution in [2.45, 2.75) is 51.5 Å². The zero-order chi connectivity index (χ0) is 11.2. The van der Waals surface area contributed by atoms with Crippen molar-refractivity contribution in [3.05, 3.63) is 22.4 Å². The Kier molecular flexibility index (Phi) is 4.86. The first-order valence-electron chi connectivity index (χ1n) is 6.60. The highest BCUT2D eigenvalue weighted by Crippen LogP contribution is 2.23.